The van der Waals surface area contributed by atoms with Crippen LogP contribution in [0.25, 0.3) is 0 Å². The second-order valence-electron chi connectivity index (χ2n) is 14.4. The van der Waals surface area contributed by atoms with Gasteiger partial charge in [0.05, 0.1) is 19.8 Å². The maximum absolute atomic E-state index is 12.6. The average molecular weight is 810 g/mol. The van der Waals surface area contributed by atoms with E-state index in [4.69, 9.17) is 29.4 Å². The van der Waals surface area contributed by atoms with Crippen LogP contribution in [-0.2, 0) is 32.7 Å². The molecule has 0 saturated heterocycles. The molecule has 0 aliphatic carbocycles. The minimum atomic E-state index is -4.63. The van der Waals surface area contributed by atoms with Gasteiger partial charge in [-0.2, -0.15) is 0 Å². The molecule has 0 aromatic heterocycles. The molecule has 0 aliphatic heterocycles. The largest absolute Gasteiger partial charge is 0.480 e. The number of phosphoric ester groups is 1. The second-order valence-corrected chi connectivity index (χ2v) is 15.9. The van der Waals surface area contributed by atoms with E-state index in [1.165, 1.54) is 89.9 Å². The fourth-order valence-corrected chi connectivity index (χ4v) is 6.48. The van der Waals surface area contributed by atoms with Crippen molar-refractivity contribution in [1.82, 2.24) is 0 Å². The lowest BCUT2D eigenvalue weighted by Gasteiger charge is -2.20. The fourth-order valence-electron chi connectivity index (χ4n) is 5.70. The molecule has 0 bridgehead atoms. The number of allylic oxidation sites excluding steroid dienone is 10. The topological polar surface area (TPSA) is 155 Å². The number of hydrogen-bond donors (Lipinski definition) is 3. The van der Waals surface area contributed by atoms with Crippen LogP contribution in [0, 0.1) is 0 Å². The molecule has 0 heterocycles. The lowest BCUT2D eigenvalue weighted by molar-refractivity contribution is -0.154. The van der Waals surface area contributed by atoms with Gasteiger partial charge in [-0.25, -0.2) is 4.57 Å². The summed E-state index contributed by atoms with van der Waals surface area (Å²) in [6.45, 7) is 3.70. The summed E-state index contributed by atoms with van der Waals surface area (Å²) in [5.74, 6) is -1.84. The normalized spacial score (nSPS) is 14.5. The van der Waals surface area contributed by atoms with E-state index < -0.39 is 45.1 Å². The van der Waals surface area contributed by atoms with Gasteiger partial charge in [0.25, 0.3) is 0 Å². The molecule has 0 amide bonds. The smallest absolute Gasteiger partial charge is 0.472 e. The lowest BCUT2D eigenvalue weighted by atomic mass is 10.0. The number of carbonyl (C=O) groups excluding carboxylic acids is 1. The molecular weight excluding hydrogens is 729 g/mol. The number of esters is 1. The number of phosphoric acid groups is 1. The summed E-state index contributed by atoms with van der Waals surface area (Å²) in [6, 6.07) is -1.48. The highest BCUT2D eigenvalue weighted by atomic mass is 31.2. The summed E-state index contributed by atoms with van der Waals surface area (Å²) >= 11 is 0. The van der Waals surface area contributed by atoms with Gasteiger partial charge in [0.2, 0.25) is 0 Å². The van der Waals surface area contributed by atoms with E-state index in [1.807, 2.05) is 6.08 Å². The molecule has 10 nitrogen and oxygen atoms in total. The molecule has 3 atom stereocenters. The van der Waals surface area contributed by atoms with Gasteiger partial charge in [-0.3, -0.25) is 18.6 Å². The third kappa shape index (κ3) is 39.9. The molecule has 0 saturated carbocycles. The van der Waals surface area contributed by atoms with Crippen molar-refractivity contribution in [3.8, 4) is 0 Å². The van der Waals surface area contributed by atoms with E-state index in [0.29, 0.717) is 19.4 Å². The first-order chi connectivity index (χ1) is 27.2. The van der Waals surface area contributed by atoms with Crippen molar-refractivity contribution in [3.05, 3.63) is 60.8 Å². The molecular formula is C45H80NO9P. The minimum absolute atomic E-state index is 0.00594. The highest BCUT2D eigenvalue weighted by Gasteiger charge is 2.27. The van der Waals surface area contributed by atoms with Gasteiger partial charge >= 0.3 is 19.8 Å². The number of nitrogens with two attached hydrogens (primary N) is 1. The maximum Gasteiger partial charge on any atom is 0.472 e. The third-order valence-electron chi connectivity index (χ3n) is 9.06. The zero-order valence-corrected chi connectivity index (χ0v) is 36.1. The van der Waals surface area contributed by atoms with Crippen LogP contribution < -0.4 is 5.73 Å². The molecule has 3 unspecified atom stereocenters. The Morgan fingerprint density at radius 3 is 1.48 bits per heavy atom. The van der Waals surface area contributed by atoms with Crippen molar-refractivity contribution in [2.24, 2.45) is 5.73 Å². The Hall–Kier alpha value is -2.33. The van der Waals surface area contributed by atoms with Crippen molar-refractivity contribution in [1.29, 1.82) is 0 Å². The lowest BCUT2D eigenvalue weighted by Crippen LogP contribution is -2.34. The number of ether oxygens (including phenoxy) is 2. The van der Waals surface area contributed by atoms with Crippen molar-refractivity contribution in [2.75, 3.05) is 26.4 Å². The zero-order chi connectivity index (χ0) is 41.2. The Kier molecular flexibility index (Phi) is 39.2. The van der Waals surface area contributed by atoms with Crippen LogP contribution in [0.15, 0.2) is 60.8 Å². The van der Waals surface area contributed by atoms with E-state index >= 15 is 0 Å². The van der Waals surface area contributed by atoms with Crippen LogP contribution in [0.1, 0.15) is 174 Å². The van der Waals surface area contributed by atoms with Crippen molar-refractivity contribution in [3.63, 3.8) is 0 Å². The standard InChI is InChI=1S/C45H80NO9P/c1-3-5-7-9-11-13-15-17-19-21-23-25-27-29-31-33-35-37-44(47)55-42(40-53-56(50,51)54-41-43(46)45(48)49)39-52-38-36-34-32-30-28-26-24-22-20-18-16-14-12-10-8-6-4-2/h5,7,11,13,17,19,23,25,29,31,42-43H,3-4,6,8-10,12,14-16,18,20-22,24,26-28,30,32-41,46H2,1-2H3,(H,48,49)(H,50,51)/b7-5-,13-11-,19-17-,25-23-,31-29-. The van der Waals surface area contributed by atoms with Crippen molar-refractivity contribution >= 4 is 19.8 Å². The molecule has 0 aliphatic rings. The van der Waals surface area contributed by atoms with Crippen LogP contribution in [0.2, 0.25) is 0 Å². The molecule has 0 radical (unpaired) electrons. The van der Waals surface area contributed by atoms with Gasteiger partial charge in [0.15, 0.2) is 0 Å². The predicted molar refractivity (Wildman–Crippen MR) is 231 cm³/mol. The van der Waals surface area contributed by atoms with Gasteiger partial charge < -0.3 is 25.2 Å². The van der Waals surface area contributed by atoms with E-state index in [-0.39, 0.29) is 13.0 Å². The van der Waals surface area contributed by atoms with Crippen LogP contribution in [0.5, 0.6) is 0 Å². The molecule has 0 rings (SSSR count). The highest BCUT2D eigenvalue weighted by molar-refractivity contribution is 7.47. The Bertz CT molecular complexity index is 1120. The number of carboxylic acid groups (broad SMARTS) is 1. The minimum Gasteiger partial charge on any atom is -0.480 e. The summed E-state index contributed by atoms with van der Waals surface area (Å²) in [4.78, 5) is 33.5. The number of rotatable bonds is 41. The van der Waals surface area contributed by atoms with Crippen LogP contribution in [0.4, 0.5) is 0 Å². The second kappa shape index (κ2) is 40.9. The predicted octanol–water partition coefficient (Wildman–Crippen LogP) is 12.0. The molecule has 4 N–H and O–H groups in total. The third-order valence-corrected chi connectivity index (χ3v) is 10.0. The first-order valence-electron chi connectivity index (χ1n) is 21.8. The highest BCUT2D eigenvalue weighted by Crippen LogP contribution is 2.43. The molecule has 324 valence electrons. The van der Waals surface area contributed by atoms with Gasteiger partial charge in [-0.15, -0.1) is 0 Å². The zero-order valence-electron chi connectivity index (χ0n) is 35.2. The van der Waals surface area contributed by atoms with E-state index in [9.17, 15) is 19.0 Å². The Morgan fingerprint density at radius 2 is 1.02 bits per heavy atom. The molecule has 56 heavy (non-hydrogen) atoms. The summed E-state index contributed by atoms with van der Waals surface area (Å²) in [5.41, 5.74) is 5.35. The first-order valence-corrected chi connectivity index (χ1v) is 23.3. The van der Waals surface area contributed by atoms with Gasteiger partial charge in [0.1, 0.15) is 12.1 Å². The first kappa shape index (κ1) is 53.7. The summed E-state index contributed by atoms with van der Waals surface area (Å²) < 4.78 is 33.3. The van der Waals surface area contributed by atoms with Crippen LogP contribution >= 0.6 is 7.82 Å². The molecule has 0 spiro atoms. The van der Waals surface area contributed by atoms with E-state index in [1.54, 1.807) is 0 Å². The number of carbonyl (C=O) groups is 2. The molecule has 0 fully saturated rings. The number of carboxylic acids is 1. The van der Waals surface area contributed by atoms with E-state index in [2.05, 4.69) is 68.5 Å². The van der Waals surface area contributed by atoms with Crippen LogP contribution in [0.3, 0.4) is 0 Å². The molecule has 0 aromatic rings. The summed E-state index contributed by atoms with van der Waals surface area (Å²) in [6.07, 6.45) is 48.5. The molecule has 0 aromatic carbocycles. The fraction of sp³-hybridized carbons (Fsp3) is 0.733. The number of unbranched alkanes of at least 4 members (excludes halogenated alkanes) is 17. The van der Waals surface area contributed by atoms with Crippen molar-refractivity contribution < 1.29 is 42.7 Å². The quantitative estimate of drug-likeness (QED) is 0.0235. The Morgan fingerprint density at radius 1 is 0.589 bits per heavy atom. The number of aliphatic carboxylic acids is 1. The molecule has 11 heteroatoms. The van der Waals surface area contributed by atoms with Gasteiger partial charge in [0, 0.05) is 13.0 Å². The summed E-state index contributed by atoms with van der Waals surface area (Å²) in [5, 5.41) is 8.89. The summed E-state index contributed by atoms with van der Waals surface area (Å²) in [7, 11) is -4.63. The monoisotopic (exact) mass is 810 g/mol. The van der Waals surface area contributed by atoms with E-state index in [0.717, 1.165) is 51.4 Å². The van der Waals surface area contributed by atoms with Gasteiger partial charge in [-0.1, -0.05) is 177 Å². The van der Waals surface area contributed by atoms with Crippen molar-refractivity contribution in [2.45, 2.75) is 187 Å². The Balaban J connectivity index is 4.33. The van der Waals surface area contributed by atoms with Gasteiger partial charge in [-0.05, 0) is 51.4 Å². The maximum atomic E-state index is 12.6. The Labute approximate surface area is 341 Å². The van der Waals surface area contributed by atoms with Crippen LogP contribution in [-0.4, -0.2) is 60.5 Å². The SMILES string of the molecule is CC/C=C\C/C=C\C/C=C\C/C=C\C/C=C\CCCC(=O)OC(COCCCCCCCCCCCCCCCCCCC)COP(=O)(O)OCC(N)C(=O)O. The number of hydrogen-bond acceptors (Lipinski definition) is 8. The average Bonchev–Trinajstić information content (AvgIpc) is 3.18.